The van der Waals surface area contributed by atoms with Crippen LogP contribution in [0.4, 0.5) is 5.69 Å². The van der Waals surface area contributed by atoms with Crippen LogP contribution in [-0.2, 0) is 25.0 Å². The van der Waals surface area contributed by atoms with Crippen molar-refractivity contribution in [1.29, 1.82) is 0 Å². The molecule has 4 rings (SSSR count). The van der Waals surface area contributed by atoms with E-state index >= 15 is 0 Å². The normalized spacial score (nSPS) is 13.8. The molecule has 59 heavy (non-hydrogen) atoms. The predicted molar refractivity (Wildman–Crippen MR) is 268 cm³/mol. The van der Waals surface area contributed by atoms with Gasteiger partial charge in [-0.2, -0.15) is 11.8 Å². The molecular formula is C52H71BrN4OS. The Labute approximate surface area is 371 Å². The molecule has 0 aromatic heterocycles. The van der Waals surface area contributed by atoms with Gasteiger partial charge in [-0.15, -0.1) is 4.91 Å². The van der Waals surface area contributed by atoms with Crippen LogP contribution in [0, 0.1) is 4.91 Å². The van der Waals surface area contributed by atoms with Gasteiger partial charge in [0, 0.05) is 35.2 Å². The van der Waals surface area contributed by atoms with E-state index in [2.05, 4.69) is 133 Å². The maximum atomic E-state index is 11.2. The number of aliphatic imine (C=N–C) groups is 1. The molecule has 0 bridgehead atoms. The molecule has 3 aromatic rings. The predicted octanol–water partition coefficient (Wildman–Crippen LogP) is 15.0. The fraction of sp³-hybridized carbons (Fsp3) is 0.404. The summed E-state index contributed by atoms with van der Waals surface area (Å²) in [6, 6.07) is 23.7. The first-order chi connectivity index (χ1) is 28.6. The standard InChI is InChI=1S/C42H53BrN4OS.C8H12.C2H6/c1-5-38-39(40(47(4)42(3,44)6-2)30-35(41(38)43)24-23-33-19-13-21-37(29-33)46-48)22-14-20-36(45-27-25-32-15-9-7-10-16-32)26-28-49-31-34-17-11-8-12-18-34;1-4-6-7-8(3)5-2;1-2/h5,7-12,15-19,29-30H,1,6,13-14,20-28,31,44H2,2-4H3;4-7H,2H2,1,3H3;1-2H3/b;6-4-,8-7+;. The van der Waals surface area contributed by atoms with Gasteiger partial charge in [0.05, 0.1) is 11.4 Å². The Morgan fingerprint density at radius 3 is 2.29 bits per heavy atom. The second-order valence-electron chi connectivity index (χ2n) is 14.7. The van der Waals surface area contributed by atoms with E-state index in [1.165, 1.54) is 39.1 Å². The summed E-state index contributed by atoms with van der Waals surface area (Å²) in [7, 11) is 2.11. The molecule has 0 aliphatic heterocycles. The zero-order valence-corrected chi connectivity index (χ0v) is 39.5. The number of hydrogen-bond donors (Lipinski definition) is 1. The van der Waals surface area contributed by atoms with Gasteiger partial charge in [0.15, 0.2) is 0 Å². The van der Waals surface area contributed by atoms with Crippen LogP contribution in [0.5, 0.6) is 0 Å². The molecule has 318 valence electrons. The van der Waals surface area contributed by atoms with Gasteiger partial charge in [-0.05, 0) is 157 Å². The lowest BCUT2D eigenvalue weighted by Crippen LogP contribution is -2.52. The molecule has 0 saturated carbocycles. The van der Waals surface area contributed by atoms with Crippen LogP contribution in [-0.4, -0.2) is 30.7 Å². The van der Waals surface area contributed by atoms with Gasteiger partial charge in [-0.25, -0.2) is 0 Å². The minimum Gasteiger partial charge on any atom is -0.357 e. The van der Waals surface area contributed by atoms with E-state index in [0.29, 0.717) is 5.70 Å². The monoisotopic (exact) mass is 878 g/mol. The number of halogens is 1. The van der Waals surface area contributed by atoms with Crippen molar-refractivity contribution in [3.05, 3.63) is 170 Å². The quantitative estimate of drug-likeness (QED) is 0.0359. The summed E-state index contributed by atoms with van der Waals surface area (Å²) in [4.78, 5) is 18.6. The number of nitroso groups, excluding NO2 is 1. The van der Waals surface area contributed by atoms with Crippen molar-refractivity contribution in [2.24, 2.45) is 15.9 Å². The lowest BCUT2D eigenvalue weighted by molar-refractivity contribution is 0.444. The lowest BCUT2D eigenvalue weighted by atomic mass is 9.91. The molecule has 1 aliphatic carbocycles. The van der Waals surface area contributed by atoms with E-state index in [1.54, 1.807) is 0 Å². The Balaban J connectivity index is 0.00000107. The van der Waals surface area contributed by atoms with Crippen LogP contribution in [0.15, 0.2) is 148 Å². The van der Waals surface area contributed by atoms with Crippen molar-refractivity contribution < 1.29 is 0 Å². The number of hydrogen-bond acceptors (Lipinski definition) is 6. The highest BCUT2D eigenvalue weighted by molar-refractivity contribution is 9.10. The number of nitrogens with two attached hydrogens (primary N) is 1. The smallest absolute Gasteiger partial charge is 0.0854 e. The van der Waals surface area contributed by atoms with Crippen LogP contribution in [0.2, 0.25) is 0 Å². The Hall–Kier alpha value is -4.04. The highest BCUT2D eigenvalue weighted by atomic mass is 79.9. The third-order valence-electron chi connectivity index (χ3n) is 10.5. The zero-order chi connectivity index (χ0) is 43.5. The third-order valence-corrected chi connectivity index (χ3v) is 12.4. The maximum absolute atomic E-state index is 11.2. The number of thioether (sulfide) groups is 1. The molecule has 0 saturated heterocycles. The Bertz CT molecular complexity index is 1880. The van der Waals surface area contributed by atoms with E-state index < -0.39 is 5.66 Å². The van der Waals surface area contributed by atoms with Crippen molar-refractivity contribution in [2.75, 3.05) is 24.2 Å². The largest absolute Gasteiger partial charge is 0.357 e. The third kappa shape index (κ3) is 18.4. The summed E-state index contributed by atoms with van der Waals surface area (Å²) in [5.74, 6) is 2.08. The van der Waals surface area contributed by atoms with Crippen LogP contribution < -0.4 is 10.6 Å². The average molecular weight is 880 g/mol. The molecule has 1 atom stereocenters. The topological polar surface area (TPSA) is 71.0 Å². The van der Waals surface area contributed by atoms with Gasteiger partial charge >= 0.3 is 0 Å². The number of benzene rings is 3. The summed E-state index contributed by atoms with van der Waals surface area (Å²) in [6.45, 7) is 20.9. The van der Waals surface area contributed by atoms with Gasteiger partial charge in [-0.1, -0.05) is 137 Å². The van der Waals surface area contributed by atoms with Gasteiger partial charge in [-0.3, -0.25) is 4.99 Å². The number of anilines is 1. The van der Waals surface area contributed by atoms with Gasteiger partial charge in [0.25, 0.3) is 0 Å². The summed E-state index contributed by atoms with van der Waals surface area (Å²) in [5.41, 5.74) is 18.1. The van der Waals surface area contributed by atoms with E-state index in [4.69, 9.17) is 10.7 Å². The number of nitrogens with zero attached hydrogens (tertiary/aromatic N) is 3. The Morgan fingerprint density at radius 2 is 1.68 bits per heavy atom. The summed E-state index contributed by atoms with van der Waals surface area (Å²) in [6.07, 6.45) is 22.9. The minimum absolute atomic E-state index is 0.502. The number of aryl methyl sites for hydroxylation is 1. The molecule has 5 nitrogen and oxygen atoms in total. The summed E-state index contributed by atoms with van der Waals surface area (Å²) in [5, 5.41) is 3.20. The number of rotatable bonds is 22. The molecule has 0 fully saturated rings. The first kappa shape index (κ1) is 51.1. The molecule has 0 amide bonds. The molecule has 0 spiro atoms. The lowest BCUT2D eigenvalue weighted by Gasteiger charge is -2.38. The second kappa shape index (κ2) is 29.2. The van der Waals surface area contributed by atoms with Crippen molar-refractivity contribution >= 4 is 45.2 Å². The Morgan fingerprint density at radius 1 is 1.00 bits per heavy atom. The van der Waals surface area contributed by atoms with Crippen LogP contribution in [0.1, 0.15) is 114 Å². The van der Waals surface area contributed by atoms with E-state index in [1.807, 2.05) is 75.9 Å². The highest BCUT2D eigenvalue weighted by Crippen LogP contribution is 2.38. The molecule has 1 aliphatic rings. The van der Waals surface area contributed by atoms with Crippen molar-refractivity contribution in [3.63, 3.8) is 0 Å². The first-order valence-electron chi connectivity index (χ1n) is 21.4. The summed E-state index contributed by atoms with van der Waals surface area (Å²) < 4.78 is 1.09. The fourth-order valence-corrected chi connectivity index (χ4v) is 8.18. The molecule has 2 N–H and O–H groups in total. The maximum Gasteiger partial charge on any atom is 0.0854 e. The highest BCUT2D eigenvalue weighted by Gasteiger charge is 2.26. The molecule has 0 radical (unpaired) electrons. The number of allylic oxidation sites excluding steroid dienone is 9. The van der Waals surface area contributed by atoms with Crippen LogP contribution in [0.25, 0.3) is 6.08 Å². The minimum atomic E-state index is -0.502. The van der Waals surface area contributed by atoms with Crippen LogP contribution in [0.3, 0.4) is 0 Å². The van der Waals surface area contributed by atoms with Crippen molar-refractivity contribution in [1.82, 2.24) is 0 Å². The zero-order valence-electron chi connectivity index (χ0n) is 37.1. The first-order valence-corrected chi connectivity index (χ1v) is 23.3. The van der Waals surface area contributed by atoms with Gasteiger partial charge < -0.3 is 10.6 Å². The molecule has 7 heteroatoms. The average Bonchev–Trinajstić information content (AvgIpc) is 3.27. The molecule has 1 unspecified atom stereocenters. The SMILES string of the molecule is C=C/C(C)=C/C=C\C.C=Cc1c(Br)c(CCC2=CCCC(N=O)=C2)cc(N(C)C(C)(N)CC)c1CCCC(CCSCc1ccccc1)=NCCc1ccccc1.CC. The Kier molecular flexibility index (Phi) is 25.3. The summed E-state index contributed by atoms with van der Waals surface area (Å²) >= 11 is 5.96. The van der Waals surface area contributed by atoms with Gasteiger partial charge in [0.2, 0.25) is 0 Å². The van der Waals surface area contributed by atoms with Crippen molar-refractivity contribution in [3.8, 4) is 0 Å². The van der Waals surface area contributed by atoms with Crippen molar-refractivity contribution in [2.45, 2.75) is 117 Å². The van der Waals surface area contributed by atoms with E-state index in [0.717, 1.165) is 98.0 Å². The van der Waals surface area contributed by atoms with Crippen LogP contribution >= 0.6 is 27.7 Å². The van der Waals surface area contributed by atoms with Gasteiger partial charge in [0.1, 0.15) is 0 Å². The van der Waals surface area contributed by atoms with E-state index in [-0.39, 0.29) is 0 Å². The molecular weight excluding hydrogens is 809 g/mol. The second-order valence-corrected chi connectivity index (χ2v) is 16.6. The fourth-order valence-electron chi connectivity index (χ4n) is 6.51. The molecule has 0 heterocycles. The van der Waals surface area contributed by atoms with E-state index in [9.17, 15) is 4.91 Å². The molecule has 3 aromatic carbocycles.